The predicted octanol–water partition coefficient (Wildman–Crippen LogP) is 2.42. The molecule has 1 N–H and O–H groups in total. The molecule has 1 fully saturated rings. The van der Waals surface area contributed by atoms with Gasteiger partial charge >= 0.3 is 0 Å². The molecule has 0 spiro atoms. The van der Waals surface area contributed by atoms with Crippen molar-refractivity contribution in [2.75, 3.05) is 7.05 Å². The zero-order valence-electron chi connectivity index (χ0n) is 11.7. The fourth-order valence-electron chi connectivity index (χ4n) is 2.72. The van der Waals surface area contributed by atoms with Crippen LogP contribution in [0.1, 0.15) is 36.9 Å². The van der Waals surface area contributed by atoms with Gasteiger partial charge in [-0.25, -0.2) is 0 Å². The van der Waals surface area contributed by atoms with Crippen molar-refractivity contribution in [2.45, 2.75) is 38.9 Å². The van der Waals surface area contributed by atoms with E-state index in [0.29, 0.717) is 6.04 Å². The Balaban J connectivity index is 1.70. The summed E-state index contributed by atoms with van der Waals surface area (Å²) in [4.78, 5) is 0. The SMILES string of the molecule is CCn1cc(Cn2ccc(C(NC)C3CC3)c2)cn1. The molecule has 3 rings (SSSR count). The Kier molecular flexibility index (Phi) is 3.42. The minimum absolute atomic E-state index is 0.527. The molecular formula is C15H22N4. The minimum atomic E-state index is 0.527. The highest BCUT2D eigenvalue weighted by molar-refractivity contribution is 5.19. The van der Waals surface area contributed by atoms with Crippen molar-refractivity contribution in [1.29, 1.82) is 0 Å². The summed E-state index contributed by atoms with van der Waals surface area (Å²) in [5.74, 6) is 0.837. The van der Waals surface area contributed by atoms with Crippen molar-refractivity contribution in [2.24, 2.45) is 5.92 Å². The second-order valence-corrected chi connectivity index (χ2v) is 5.43. The fraction of sp³-hybridized carbons (Fsp3) is 0.533. The highest BCUT2D eigenvalue weighted by atomic mass is 15.3. The Morgan fingerprint density at radius 2 is 2.26 bits per heavy atom. The van der Waals surface area contributed by atoms with E-state index in [0.717, 1.165) is 19.0 Å². The van der Waals surface area contributed by atoms with Crippen LogP contribution in [0.5, 0.6) is 0 Å². The number of aryl methyl sites for hydroxylation is 1. The van der Waals surface area contributed by atoms with Crippen molar-refractivity contribution in [1.82, 2.24) is 19.7 Å². The van der Waals surface area contributed by atoms with Gasteiger partial charge in [-0.1, -0.05) is 0 Å². The van der Waals surface area contributed by atoms with Crippen LogP contribution in [0.15, 0.2) is 30.9 Å². The molecule has 0 radical (unpaired) electrons. The third kappa shape index (κ3) is 2.73. The molecule has 1 saturated carbocycles. The Hall–Kier alpha value is -1.55. The van der Waals surface area contributed by atoms with Gasteiger partial charge in [0.25, 0.3) is 0 Å². The van der Waals surface area contributed by atoms with Gasteiger partial charge in [0.2, 0.25) is 0 Å². The molecule has 1 aliphatic carbocycles. The molecule has 19 heavy (non-hydrogen) atoms. The smallest absolute Gasteiger partial charge is 0.0539 e. The van der Waals surface area contributed by atoms with Crippen LogP contribution in [0.25, 0.3) is 0 Å². The van der Waals surface area contributed by atoms with Gasteiger partial charge in [0.05, 0.1) is 12.7 Å². The van der Waals surface area contributed by atoms with Gasteiger partial charge in [-0.15, -0.1) is 0 Å². The third-order valence-electron chi connectivity index (χ3n) is 3.91. The Morgan fingerprint density at radius 3 is 2.89 bits per heavy atom. The first-order valence-corrected chi connectivity index (χ1v) is 7.14. The lowest BCUT2D eigenvalue weighted by Gasteiger charge is -2.13. The topological polar surface area (TPSA) is 34.8 Å². The largest absolute Gasteiger partial charge is 0.349 e. The summed E-state index contributed by atoms with van der Waals surface area (Å²) in [5.41, 5.74) is 2.67. The highest BCUT2D eigenvalue weighted by Crippen LogP contribution is 2.40. The van der Waals surface area contributed by atoms with Gasteiger partial charge < -0.3 is 9.88 Å². The van der Waals surface area contributed by atoms with E-state index in [1.54, 1.807) is 0 Å². The zero-order chi connectivity index (χ0) is 13.2. The van der Waals surface area contributed by atoms with Crippen LogP contribution in [0.4, 0.5) is 0 Å². The van der Waals surface area contributed by atoms with Crippen molar-refractivity contribution in [3.8, 4) is 0 Å². The van der Waals surface area contributed by atoms with E-state index in [9.17, 15) is 0 Å². The van der Waals surface area contributed by atoms with Crippen LogP contribution < -0.4 is 5.32 Å². The molecule has 0 bridgehead atoms. The molecule has 2 aromatic heterocycles. The molecule has 1 aliphatic rings. The summed E-state index contributed by atoms with van der Waals surface area (Å²) >= 11 is 0. The summed E-state index contributed by atoms with van der Waals surface area (Å²) in [6.07, 6.45) is 11.2. The quantitative estimate of drug-likeness (QED) is 0.863. The summed E-state index contributed by atoms with van der Waals surface area (Å²) in [6.45, 7) is 3.94. The molecular weight excluding hydrogens is 236 g/mol. The van der Waals surface area contributed by atoms with Gasteiger partial charge in [0, 0.05) is 36.7 Å². The standard InChI is InChI=1S/C15H22N4/c1-3-19-10-12(8-17-19)9-18-7-6-14(11-18)15(16-2)13-4-5-13/h6-8,10-11,13,15-16H,3-5,9H2,1-2H3. The second-order valence-electron chi connectivity index (χ2n) is 5.43. The van der Waals surface area contributed by atoms with Gasteiger partial charge in [0.15, 0.2) is 0 Å². The molecule has 0 aliphatic heterocycles. The van der Waals surface area contributed by atoms with E-state index in [2.05, 4.69) is 53.6 Å². The summed E-state index contributed by atoms with van der Waals surface area (Å²) in [6, 6.07) is 2.77. The van der Waals surface area contributed by atoms with E-state index in [4.69, 9.17) is 0 Å². The summed E-state index contributed by atoms with van der Waals surface area (Å²) < 4.78 is 4.22. The van der Waals surface area contributed by atoms with E-state index in [-0.39, 0.29) is 0 Å². The van der Waals surface area contributed by atoms with Gasteiger partial charge in [-0.05, 0) is 44.4 Å². The van der Waals surface area contributed by atoms with Crippen LogP contribution in [-0.2, 0) is 13.1 Å². The molecule has 4 nitrogen and oxygen atoms in total. The van der Waals surface area contributed by atoms with E-state index in [1.165, 1.54) is 24.0 Å². The molecule has 102 valence electrons. The molecule has 1 atom stereocenters. The fourth-order valence-corrected chi connectivity index (χ4v) is 2.72. The Labute approximate surface area is 114 Å². The number of rotatable bonds is 6. The number of aromatic nitrogens is 3. The van der Waals surface area contributed by atoms with Crippen LogP contribution in [0, 0.1) is 5.92 Å². The normalized spacial score (nSPS) is 16.7. The van der Waals surface area contributed by atoms with Gasteiger partial charge in [-0.2, -0.15) is 5.10 Å². The number of nitrogens with zero attached hydrogens (tertiary/aromatic N) is 3. The maximum absolute atomic E-state index is 4.32. The Morgan fingerprint density at radius 1 is 1.42 bits per heavy atom. The number of nitrogens with one attached hydrogen (secondary N) is 1. The van der Waals surface area contributed by atoms with Gasteiger partial charge in [-0.3, -0.25) is 4.68 Å². The van der Waals surface area contributed by atoms with Crippen LogP contribution in [0.2, 0.25) is 0 Å². The average molecular weight is 258 g/mol. The summed E-state index contributed by atoms with van der Waals surface area (Å²) in [7, 11) is 2.06. The van der Waals surface area contributed by atoms with E-state index >= 15 is 0 Å². The molecule has 4 heteroatoms. The van der Waals surface area contributed by atoms with Crippen LogP contribution >= 0.6 is 0 Å². The molecule has 0 aromatic carbocycles. The second kappa shape index (κ2) is 5.21. The lowest BCUT2D eigenvalue weighted by Crippen LogP contribution is -2.17. The minimum Gasteiger partial charge on any atom is -0.349 e. The van der Waals surface area contributed by atoms with Crippen LogP contribution in [0.3, 0.4) is 0 Å². The molecule has 2 heterocycles. The predicted molar refractivity (Wildman–Crippen MR) is 76.0 cm³/mol. The molecule has 2 aromatic rings. The number of hydrogen-bond acceptors (Lipinski definition) is 2. The first-order valence-electron chi connectivity index (χ1n) is 7.14. The van der Waals surface area contributed by atoms with Crippen molar-refractivity contribution in [3.05, 3.63) is 42.0 Å². The zero-order valence-corrected chi connectivity index (χ0v) is 11.7. The summed E-state index contributed by atoms with van der Waals surface area (Å²) in [5, 5.41) is 7.76. The monoisotopic (exact) mass is 258 g/mol. The highest BCUT2D eigenvalue weighted by Gasteiger charge is 2.31. The van der Waals surface area contributed by atoms with Gasteiger partial charge in [0.1, 0.15) is 0 Å². The number of hydrogen-bond donors (Lipinski definition) is 1. The lowest BCUT2D eigenvalue weighted by atomic mass is 10.1. The third-order valence-corrected chi connectivity index (χ3v) is 3.91. The van der Waals surface area contributed by atoms with E-state index < -0.39 is 0 Å². The molecule has 1 unspecified atom stereocenters. The lowest BCUT2D eigenvalue weighted by molar-refractivity contribution is 0.528. The first-order chi connectivity index (χ1) is 9.30. The van der Waals surface area contributed by atoms with E-state index in [1.807, 2.05) is 10.9 Å². The average Bonchev–Trinajstić information content (AvgIpc) is 2.98. The van der Waals surface area contributed by atoms with Crippen LogP contribution in [-0.4, -0.2) is 21.4 Å². The Bertz CT molecular complexity index is 536. The van der Waals surface area contributed by atoms with Crippen molar-refractivity contribution < 1.29 is 0 Å². The molecule has 0 saturated heterocycles. The van der Waals surface area contributed by atoms with Crippen molar-refractivity contribution >= 4 is 0 Å². The first kappa shape index (κ1) is 12.5. The van der Waals surface area contributed by atoms with Crippen molar-refractivity contribution in [3.63, 3.8) is 0 Å². The maximum atomic E-state index is 4.32. The molecule has 0 amide bonds. The maximum Gasteiger partial charge on any atom is 0.0539 e.